The van der Waals surface area contributed by atoms with Crippen molar-refractivity contribution >= 4 is 23.3 Å². The SMILES string of the molecule is C=C(C)C(=O)Nc1ccc(C(OC(=O)CC(C)=O)c2ccccc2)cc1. The predicted molar refractivity (Wildman–Crippen MR) is 99.6 cm³/mol. The Bertz CT molecular complexity index is 810. The predicted octanol–water partition coefficient (Wildman–Crippen LogP) is 3.81. The van der Waals surface area contributed by atoms with Gasteiger partial charge in [0.2, 0.25) is 0 Å². The second-order valence-corrected chi connectivity index (χ2v) is 6.02. The molecule has 0 bridgehead atoms. The molecule has 0 spiro atoms. The Morgan fingerprint density at radius 1 is 0.962 bits per heavy atom. The number of ketones is 1. The smallest absolute Gasteiger partial charge is 0.314 e. The Kier molecular flexibility index (Phi) is 6.44. The van der Waals surface area contributed by atoms with Crippen molar-refractivity contribution in [2.75, 3.05) is 5.32 Å². The number of nitrogens with one attached hydrogen (secondary N) is 1. The van der Waals surface area contributed by atoms with Crippen LogP contribution in [0.5, 0.6) is 0 Å². The summed E-state index contributed by atoms with van der Waals surface area (Å²) in [6.45, 7) is 6.57. The van der Waals surface area contributed by atoms with Gasteiger partial charge < -0.3 is 10.1 Å². The highest BCUT2D eigenvalue weighted by molar-refractivity contribution is 6.02. The fraction of sp³-hybridized carbons (Fsp3) is 0.190. The van der Waals surface area contributed by atoms with Crippen molar-refractivity contribution in [2.24, 2.45) is 0 Å². The minimum absolute atomic E-state index is 0.250. The van der Waals surface area contributed by atoms with Crippen LogP contribution in [-0.4, -0.2) is 17.7 Å². The molecule has 0 aliphatic heterocycles. The number of anilines is 1. The van der Waals surface area contributed by atoms with E-state index in [1.807, 2.05) is 30.3 Å². The van der Waals surface area contributed by atoms with Gasteiger partial charge in [-0.1, -0.05) is 49.0 Å². The normalized spacial score (nSPS) is 11.3. The van der Waals surface area contributed by atoms with Gasteiger partial charge in [0, 0.05) is 11.3 Å². The van der Waals surface area contributed by atoms with E-state index in [1.165, 1.54) is 6.92 Å². The molecular formula is C21H21NO4. The van der Waals surface area contributed by atoms with Gasteiger partial charge in [-0.3, -0.25) is 14.4 Å². The number of hydrogen-bond donors (Lipinski definition) is 1. The van der Waals surface area contributed by atoms with Gasteiger partial charge in [-0.25, -0.2) is 0 Å². The molecule has 0 heterocycles. The van der Waals surface area contributed by atoms with Crippen LogP contribution in [0.4, 0.5) is 5.69 Å². The number of carbonyl (C=O) groups is 3. The molecule has 0 aliphatic rings. The summed E-state index contributed by atoms with van der Waals surface area (Å²) < 4.78 is 5.53. The first-order chi connectivity index (χ1) is 12.4. The second kappa shape index (κ2) is 8.76. The largest absolute Gasteiger partial charge is 0.452 e. The number of carbonyl (C=O) groups excluding carboxylic acids is 3. The Balaban J connectivity index is 2.24. The molecule has 0 saturated carbocycles. The average Bonchev–Trinajstić information content (AvgIpc) is 2.60. The first-order valence-corrected chi connectivity index (χ1v) is 8.17. The molecule has 0 radical (unpaired) electrons. The first-order valence-electron chi connectivity index (χ1n) is 8.17. The zero-order chi connectivity index (χ0) is 19.1. The molecule has 5 heteroatoms. The maximum atomic E-state index is 12.0. The van der Waals surface area contributed by atoms with Crippen molar-refractivity contribution in [2.45, 2.75) is 26.4 Å². The van der Waals surface area contributed by atoms with E-state index >= 15 is 0 Å². The summed E-state index contributed by atoms with van der Waals surface area (Å²) in [5.41, 5.74) is 2.56. The molecule has 0 saturated heterocycles. The van der Waals surface area contributed by atoms with E-state index in [-0.39, 0.29) is 18.1 Å². The van der Waals surface area contributed by atoms with Gasteiger partial charge in [0.25, 0.3) is 5.91 Å². The summed E-state index contributed by atoms with van der Waals surface area (Å²) in [6, 6.07) is 16.3. The third kappa shape index (κ3) is 5.41. The van der Waals surface area contributed by atoms with Crippen molar-refractivity contribution in [3.8, 4) is 0 Å². The van der Waals surface area contributed by atoms with E-state index in [1.54, 1.807) is 31.2 Å². The number of esters is 1. The van der Waals surface area contributed by atoms with Gasteiger partial charge in [-0.2, -0.15) is 0 Å². The summed E-state index contributed by atoms with van der Waals surface area (Å²) in [7, 11) is 0. The lowest BCUT2D eigenvalue weighted by Crippen LogP contribution is -2.15. The molecule has 2 aromatic carbocycles. The second-order valence-electron chi connectivity index (χ2n) is 6.02. The summed E-state index contributed by atoms with van der Waals surface area (Å²) in [6.07, 6.45) is -0.898. The molecule has 2 aromatic rings. The van der Waals surface area contributed by atoms with Crippen LogP contribution >= 0.6 is 0 Å². The van der Waals surface area contributed by atoms with E-state index in [4.69, 9.17) is 4.74 Å². The van der Waals surface area contributed by atoms with Crippen LogP contribution in [0.3, 0.4) is 0 Å². The van der Waals surface area contributed by atoms with Gasteiger partial charge in [0.15, 0.2) is 6.10 Å². The van der Waals surface area contributed by atoms with E-state index in [0.717, 1.165) is 11.1 Å². The fourth-order valence-electron chi connectivity index (χ4n) is 2.31. The quantitative estimate of drug-likeness (QED) is 0.468. The summed E-state index contributed by atoms with van der Waals surface area (Å²) >= 11 is 0. The summed E-state index contributed by atoms with van der Waals surface area (Å²) in [4.78, 5) is 34.8. The third-order valence-corrected chi connectivity index (χ3v) is 3.60. The highest BCUT2D eigenvalue weighted by atomic mass is 16.5. The highest BCUT2D eigenvalue weighted by Crippen LogP contribution is 2.27. The van der Waals surface area contributed by atoms with Gasteiger partial charge >= 0.3 is 5.97 Å². The van der Waals surface area contributed by atoms with Crippen molar-refractivity contribution in [3.63, 3.8) is 0 Å². The van der Waals surface area contributed by atoms with Crippen molar-refractivity contribution in [1.29, 1.82) is 0 Å². The zero-order valence-corrected chi connectivity index (χ0v) is 14.8. The number of amides is 1. The van der Waals surface area contributed by atoms with Gasteiger partial charge in [-0.15, -0.1) is 0 Å². The molecule has 134 valence electrons. The van der Waals surface area contributed by atoms with Crippen LogP contribution in [0.15, 0.2) is 66.7 Å². The number of hydrogen-bond acceptors (Lipinski definition) is 4. The molecular weight excluding hydrogens is 330 g/mol. The topological polar surface area (TPSA) is 72.5 Å². The molecule has 1 amide bonds. The van der Waals surface area contributed by atoms with Crippen molar-refractivity contribution in [3.05, 3.63) is 77.9 Å². The minimum Gasteiger partial charge on any atom is -0.452 e. The van der Waals surface area contributed by atoms with Crippen LogP contribution in [-0.2, 0) is 19.1 Å². The molecule has 26 heavy (non-hydrogen) atoms. The lowest BCUT2D eigenvalue weighted by molar-refractivity contribution is -0.149. The Labute approximate surface area is 152 Å². The van der Waals surface area contributed by atoms with E-state index in [9.17, 15) is 14.4 Å². The summed E-state index contributed by atoms with van der Waals surface area (Å²) in [5, 5.41) is 2.72. The zero-order valence-electron chi connectivity index (χ0n) is 14.8. The molecule has 5 nitrogen and oxygen atoms in total. The Hall–Kier alpha value is -3.21. The Morgan fingerprint density at radius 3 is 2.08 bits per heavy atom. The van der Waals surface area contributed by atoms with Crippen molar-refractivity contribution in [1.82, 2.24) is 0 Å². The molecule has 0 fully saturated rings. The standard InChI is InChI=1S/C21H21NO4/c1-14(2)21(25)22-18-11-9-17(10-12-18)20(16-7-5-4-6-8-16)26-19(24)13-15(3)23/h4-12,20H,1,13H2,2-3H3,(H,22,25). The average molecular weight is 351 g/mol. The van der Waals surface area contributed by atoms with Gasteiger partial charge in [0.05, 0.1) is 0 Å². The molecule has 1 unspecified atom stereocenters. The van der Waals surface area contributed by atoms with Crippen LogP contribution < -0.4 is 5.32 Å². The highest BCUT2D eigenvalue weighted by Gasteiger charge is 2.20. The number of Topliss-reactive ketones (excluding diaryl/α,β-unsaturated/α-hetero) is 1. The first kappa shape index (κ1) is 19.1. The monoisotopic (exact) mass is 351 g/mol. The molecule has 1 atom stereocenters. The Morgan fingerprint density at radius 2 is 1.54 bits per heavy atom. The molecule has 1 N–H and O–H groups in total. The van der Waals surface area contributed by atoms with Crippen LogP contribution in [0, 0.1) is 0 Å². The lowest BCUT2D eigenvalue weighted by atomic mass is 10.0. The van der Waals surface area contributed by atoms with Crippen LogP contribution in [0.2, 0.25) is 0 Å². The van der Waals surface area contributed by atoms with Crippen LogP contribution in [0.25, 0.3) is 0 Å². The summed E-state index contributed by atoms with van der Waals surface area (Å²) in [5.74, 6) is -1.09. The molecule has 0 aliphatic carbocycles. The van der Waals surface area contributed by atoms with Gasteiger partial charge in [-0.05, 0) is 37.1 Å². The number of benzene rings is 2. The maximum Gasteiger partial charge on any atom is 0.314 e. The van der Waals surface area contributed by atoms with Gasteiger partial charge in [0.1, 0.15) is 12.2 Å². The number of rotatable bonds is 7. The van der Waals surface area contributed by atoms with E-state index in [0.29, 0.717) is 11.3 Å². The number of ether oxygens (including phenoxy) is 1. The van der Waals surface area contributed by atoms with Crippen LogP contribution in [0.1, 0.15) is 37.5 Å². The van der Waals surface area contributed by atoms with Crippen molar-refractivity contribution < 1.29 is 19.1 Å². The minimum atomic E-state index is -0.631. The maximum absolute atomic E-state index is 12.0. The lowest BCUT2D eigenvalue weighted by Gasteiger charge is -2.19. The molecule has 0 aromatic heterocycles. The fourth-order valence-corrected chi connectivity index (χ4v) is 2.31. The van der Waals surface area contributed by atoms with E-state index in [2.05, 4.69) is 11.9 Å². The van der Waals surface area contributed by atoms with E-state index < -0.39 is 12.1 Å². The molecule has 2 rings (SSSR count). The third-order valence-electron chi connectivity index (χ3n) is 3.60.